The number of hydrogen-bond donors (Lipinski definition) is 3. The van der Waals surface area contributed by atoms with Gasteiger partial charge in [0.15, 0.2) is 0 Å². The van der Waals surface area contributed by atoms with E-state index in [2.05, 4.69) is 26.2 Å². The highest BCUT2D eigenvalue weighted by Crippen LogP contribution is 2.24. The second kappa shape index (κ2) is 5.68. The summed E-state index contributed by atoms with van der Waals surface area (Å²) in [6.45, 7) is 1.62. The Bertz CT molecular complexity index is 697. The number of aromatic carboxylic acids is 1. The van der Waals surface area contributed by atoms with Crippen LogP contribution in [0.25, 0.3) is 0 Å². The summed E-state index contributed by atoms with van der Waals surface area (Å²) in [5.74, 6) is -1.53. The highest BCUT2D eigenvalue weighted by atomic mass is 79.9. The fourth-order valence-corrected chi connectivity index (χ4v) is 2.16. The number of nitrogens with one attached hydrogen (secondary N) is 2. The predicted octanol–water partition coefficient (Wildman–Crippen LogP) is 3.69. The van der Waals surface area contributed by atoms with Gasteiger partial charge in [0.1, 0.15) is 5.56 Å². The lowest BCUT2D eigenvalue weighted by Gasteiger charge is -2.06. The number of carbonyl (C=O) groups is 2. The fourth-order valence-electron chi connectivity index (χ4n) is 1.73. The lowest BCUT2D eigenvalue weighted by Crippen LogP contribution is -2.14. The molecule has 0 radical (unpaired) electrons. The minimum absolute atomic E-state index is 0.0431. The van der Waals surface area contributed by atoms with Crippen LogP contribution in [0.1, 0.15) is 26.4 Å². The maximum Gasteiger partial charge on any atom is 0.339 e. The smallest absolute Gasteiger partial charge is 0.339 e. The Morgan fingerprint density at radius 3 is 2.70 bits per heavy atom. The van der Waals surface area contributed by atoms with Crippen LogP contribution < -0.4 is 5.32 Å². The van der Waals surface area contributed by atoms with Crippen molar-refractivity contribution in [3.05, 3.63) is 50.7 Å². The van der Waals surface area contributed by atoms with Gasteiger partial charge in [0.25, 0.3) is 5.91 Å². The van der Waals surface area contributed by atoms with E-state index < -0.39 is 11.9 Å². The first-order valence-electron chi connectivity index (χ1n) is 5.58. The van der Waals surface area contributed by atoms with Crippen molar-refractivity contribution in [3.8, 4) is 0 Å². The van der Waals surface area contributed by atoms with Crippen molar-refractivity contribution < 1.29 is 14.7 Å². The normalized spacial score (nSPS) is 10.3. The van der Waals surface area contributed by atoms with Gasteiger partial charge in [-0.15, -0.1) is 0 Å². The second-order valence-corrected chi connectivity index (χ2v) is 5.35. The van der Waals surface area contributed by atoms with E-state index in [0.717, 1.165) is 0 Å². The van der Waals surface area contributed by atoms with E-state index in [1.54, 1.807) is 19.1 Å². The van der Waals surface area contributed by atoms with Crippen molar-refractivity contribution in [1.29, 1.82) is 0 Å². The molecular formula is C13H10BrClN2O3. The van der Waals surface area contributed by atoms with Gasteiger partial charge in [-0.05, 0) is 41.1 Å². The van der Waals surface area contributed by atoms with Gasteiger partial charge in [0.2, 0.25) is 0 Å². The van der Waals surface area contributed by atoms with Crippen LogP contribution in [0.15, 0.2) is 28.9 Å². The number of hydrogen-bond acceptors (Lipinski definition) is 2. The van der Waals surface area contributed by atoms with Gasteiger partial charge >= 0.3 is 5.97 Å². The number of aryl methyl sites for hydroxylation is 1. The van der Waals surface area contributed by atoms with Crippen molar-refractivity contribution >= 4 is 45.1 Å². The van der Waals surface area contributed by atoms with E-state index in [-0.39, 0.29) is 11.3 Å². The van der Waals surface area contributed by atoms with Crippen LogP contribution in [0, 0.1) is 6.92 Å². The zero-order valence-electron chi connectivity index (χ0n) is 10.3. The molecular weight excluding hydrogens is 348 g/mol. The molecule has 0 unspecified atom stereocenters. The van der Waals surface area contributed by atoms with E-state index in [4.69, 9.17) is 16.7 Å². The largest absolute Gasteiger partial charge is 0.478 e. The molecule has 1 aromatic heterocycles. The molecule has 1 amide bonds. The summed E-state index contributed by atoms with van der Waals surface area (Å²) in [5.41, 5.74) is 1.08. The molecule has 2 aromatic rings. The Morgan fingerprint density at radius 1 is 1.40 bits per heavy atom. The van der Waals surface area contributed by atoms with Crippen molar-refractivity contribution in [2.75, 3.05) is 5.32 Å². The fraction of sp³-hybridized carbons (Fsp3) is 0.0769. The van der Waals surface area contributed by atoms with E-state index in [1.807, 2.05) is 0 Å². The monoisotopic (exact) mass is 356 g/mol. The van der Waals surface area contributed by atoms with E-state index >= 15 is 0 Å². The molecule has 7 heteroatoms. The quantitative estimate of drug-likeness (QED) is 0.783. The van der Waals surface area contributed by atoms with Gasteiger partial charge < -0.3 is 15.4 Å². The van der Waals surface area contributed by atoms with Gasteiger partial charge in [0.05, 0.1) is 10.7 Å². The first-order valence-corrected chi connectivity index (χ1v) is 6.75. The Labute approximate surface area is 128 Å². The average Bonchev–Trinajstić information content (AvgIpc) is 2.73. The predicted molar refractivity (Wildman–Crippen MR) is 79.6 cm³/mol. The van der Waals surface area contributed by atoms with E-state index in [1.165, 1.54) is 12.3 Å². The van der Waals surface area contributed by atoms with Crippen molar-refractivity contribution in [3.63, 3.8) is 0 Å². The molecule has 0 aliphatic carbocycles. The molecule has 3 N–H and O–H groups in total. The molecule has 1 aromatic carbocycles. The number of carbonyl (C=O) groups excluding carboxylic acids is 1. The van der Waals surface area contributed by atoms with Crippen molar-refractivity contribution in [1.82, 2.24) is 4.98 Å². The number of carboxylic acid groups (broad SMARTS) is 1. The lowest BCUT2D eigenvalue weighted by molar-refractivity contribution is 0.0697. The first-order chi connectivity index (χ1) is 9.40. The average molecular weight is 358 g/mol. The Morgan fingerprint density at radius 2 is 2.10 bits per heavy atom. The molecule has 0 spiro atoms. The number of rotatable bonds is 3. The van der Waals surface area contributed by atoms with Crippen LogP contribution >= 0.6 is 27.5 Å². The summed E-state index contributed by atoms with van der Waals surface area (Å²) in [7, 11) is 0. The third-order valence-electron chi connectivity index (χ3n) is 2.72. The molecule has 5 nitrogen and oxygen atoms in total. The molecule has 0 aliphatic rings. The number of H-pyrrole nitrogens is 1. The molecule has 0 bridgehead atoms. The maximum absolute atomic E-state index is 12.1. The molecule has 0 aliphatic heterocycles. The summed E-state index contributed by atoms with van der Waals surface area (Å²) in [4.78, 5) is 26.0. The first kappa shape index (κ1) is 14.6. The van der Waals surface area contributed by atoms with Crippen LogP contribution in [-0.4, -0.2) is 22.0 Å². The van der Waals surface area contributed by atoms with Gasteiger partial charge in [-0.3, -0.25) is 4.79 Å². The molecule has 1 heterocycles. The number of benzene rings is 1. The van der Waals surface area contributed by atoms with Gasteiger partial charge in [-0.2, -0.15) is 0 Å². The Balaban J connectivity index is 2.28. The van der Waals surface area contributed by atoms with Gasteiger partial charge in [0, 0.05) is 21.9 Å². The van der Waals surface area contributed by atoms with Crippen LogP contribution in [0.5, 0.6) is 0 Å². The van der Waals surface area contributed by atoms with Crippen LogP contribution in [0.2, 0.25) is 5.02 Å². The number of halogens is 2. The summed E-state index contributed by atoms with van der Waals surface area (Å²) >= 11 is 9.15. The third-order valence-corrected chi connectivity index (χ3v) is 3.95. The molecule has 2 rings (SSSR count). The molecule has 0 fully saturated rings. The number of aromatic nitrogens is 1. The Kier molecular flexibility index (Phi) is 4.15. The van der Waals surface area contributed by atoms with Crippen molar-refractivity contribution in [2.24, 2.45) is 0 Å². The summed E-state index contributed by atoms with van der Waals surface area (Å²) in [5, 5.41) is 12.1. The maximum atomic E-state index is 12.1. The summed E-state index contributed by atoms with van der Waals surface area (Å²) < 4.78 is 0.680. The van der Waals surface area contributed by atoms with Crippen LogP contribution in [0.3, 0.4) is 0 Å². The third kappa shape index (κ3) is 2.86. The van der Waals surface area contributed by atoms with E-state index in [9.17, 15) is 9.59 Å². The molecule has 0 atom stereocenters. The standard InChI is InChI=1S/C13H10BrClN2O3/c1-6-11(13(19)20)10(5-16-6)17-12(18)7-2-3-8(14)9(15)4-7/h2-5,16H,1H3,(H,17,18)(H,19,20). The topological polar surface area (TPSA) is 82.2 Å². The Hall–Kier alpha value is -1.79. The van der Waals surface area contributed by atoms with Crippen molar-refractivity contribution in [2.45, 2.75) is 6.92 Å². The number of anilines is 1. The van der Waals surface area contributed by atoms with Gasteiger partial charge in [-0.25, -0.2) is 4.79 Å². The zero-order chi connectivity index (χ0) is 14.9. The molecule has 104 valence electrons. The minimum Gasteiger partial charge on any atom is -0.478 e. The molecule has 0 saturated carbocycles. The second-order valence-electron chi connectivity index (χ2n) is 4.09. The van der Waals surface area contributed by atoms with Gasteiger partial charge in [-0.1, -0.05) is 11.6 Å². The lowest BCUT2D eigenvalue weighted by atomic mass is 10.2. The van der Waals surface area contributed by atoms with Crippen LogP contribution in [-0.2, 0) is 0 Å². The summed E-state index contributed by atoms with van der Waals surface area (Å²) in [6, 6.07) is 4.74. The molecule has 20 heavy (non-hydrogen) atoms. The SMILES string of the molecule is Cc1[nH]cc(NC(=O)c2ccc(Br)c(Cl)c2)c1C(=O)O. The highest BCUT2D eigenvalue weighted by Gasteiger charge is 2.18. The number of aromatic amines is 1. The van der Waals surface area contributed by atoms with E-state index in [0.29, 0.717) is 20.8 Å². The molecule has 0 saturated heterocycles. The number of amides is 1. The zero-order valence-corrected chi connectivity index (χ0v) is 12.7. The number of carboxylic acids is 1. The van der Waals surface area contributed by atoms with Crippen LogP contribution in [0.4, 0.5) is 5.69 Å². The highest BCUT2D eigenvalue weighted by molar-refractivity contribution is 9.10. The summed E-state index contributed by atoms with van der Waals surface area (Å²) in [6.07, 6.45) is 1.44. The minimum atomic E-state index is -1.10.